The lowest BCUT2D eigenvalue weighted by Gasteiger charge is -2.16. The van der Waals surface area contributed by atoms with Crippen LogP contribution in [0.25, 0.3) is 22.5 Å². The molecule has 0 aliphatic heterocycles. The highest BCUT2D eigenvalue weighted by atomic mass is 19.1. The van der Waals surface area contributed by atoms with Gasteiger partial charge in [-0.1, -0.05) is 36.4 Å². The Morgan fingerprint density at radius 3 is 2.63 bits per heavy atom. The Bertz CT molecular complexity index is 880. The molecule has 0 unspecified atom stereocenters. The Balaban J connectivity index is 2.10. The number of rotatable bonds is 8. The second-order valence-corrected chi connectivity index (χ2v) is 6.10. The van der Waals surface area contributed by atoms with E-state index in [-0.39, 0.29) is 18.9 Å². The third kappa shape index (κ3) is 4.18. The van der Waals surface area contributed by atoms with Crippen molar-refractivity contribution in [2.24, 2.45) is 0 Å². The first kappa shape index (κ1) is 19.1. The van der Waals surface area contributed by atoms with Gasteiger partial charge in [-0.25, -0.2) is 9.37 Å². The normalized spacial score (nSPS) is 12.1. The number of aromatic nitrogens is 2. The molecule has 0 saturated heterocycles. The second-order valence-electron chi connectivity index (χ2n) is 6.10. The van der Waals surface area contributed by atoms with Gasteiger partial charge in [-0.05, 0) is 19.1 Å². The fourth-order valence-corrected chi connectivity index (χ4v) is 3.00. The molecule has 0 aliphatic carbocycles. The van der Waals surface area contributed by atoms with Gasteiger partial charge in [-0.15, -0.1) is 0 Å². The van der Waals surface area contributed by atoms with Crippen LogP contribution in [0, 0.1) is 5.82 Å². The molecule has 1 heterocycles. The van der Waals surface area contributed by atoms with E-state index in [1.807, 2.05) is 37.3 Å². The summed E-state index contributed by atoms with van der Waals surface area (Å²) in [7, 11) is 1.43. The summed E-state index contributed by atoms with van der Waals surface area (Å²) in [5, 5.41) is 10.3. The number of nitrogens with zero attached hydrogens (tertiary/aromatic N) is 2. The van der Waals surface area contributed by atoms with Crippen molar-refractivity contribution in [3.8, 4) is 28.3 Å². The van der Waals surface area contributed by atoms with Gasteiger partial charge >= 0.3 is 0 Å². The zero-order valence-corrected chi connectivity index (χ0v) is 15.4. The van der Waals surface area contributed by atoms with E-state index in [1.54, 1.807) is 29.1 Å². The fraction of sp³-hybridized carbons (Fsp3) is 0.286. The maximum Gasteiger partial charge on any atom is 0.174 e. The van der Waals surface area contributed by atoms with Crippen LogP contribution >= 0.6 is 0 Å². The SMILES string of the molecule is CCOC[C@H](O)Cn1cnc(-c2ccccc2)c1-c1cccc(OC)c1F. The highest BCUT2D eigenvalue weighted by Crippen LogP contribution is 2.35. The Kier molecular flexibility index (Phi) is 6.21. The number of ether oxygens (including phenoxy) is 2. The molecule has 0 bridgehead atoms. The van der Waals surface area contributed by atoms with Gasteiger partial charge in [0, 0.05) is 17.7 Å². The summed E-state index contributed by atoms with van der Waals surface area (Å²) in [6.45, 7) is 2.84. The van der Waals surface area contributed by atoms with Gasteiger partial charge in [0.1, 0.15) is 0 Å². The number of hydrogen-bond acceptors (Lipinski definition) is 4. The van der Waals surface area contributed by atoms with E-state index in [1.165, 1.54) is 7.11 Å². The molecule has 1 atom stereocenters. The lowest BCUT2D eigenvalue weighted by molar-refractivity contribution is 0.0337. The number of methoxy groups -OCH3 is 1. The smallest absolute Gasteiger partial charge is 0.174 e. The summed E-state index contributed by atoms with van der Waals surface area (Å²) in [5.74, 6) is -0.299. The van der Waals surface area contributed by atoms with Crippen LogP contribution in [-0.4, -0.2) is 41.1 Å². The molecule has 3 aromatic rings. The minimum absolute atomic E-state index is 0.161. The second kappa shape index (κ2) is 8.79. The third-order valence-corrected chi connectivity index (χ3v) is 4.25. The summed E-state index contributed by atoms with van der Waals surface area (Å²) >= 11 is 0. The molecule has 142 valence electrons. The molecule has 5 nitrogen and oxygen atoms in total. The van der Waals surface area contributed by atoms with E-state index in [0.717, 1.165) is 5.56 Å². The van der Waals surface area contributed by atoms with Crippen molar-refractivity contribution in [2.75, 3.05) is 20.3 Å². The highest BCUT2D eigenvalue weighted by Gasteiger charge is 2.21. The highest BCUT2D eigenvalue weighted by molar-refractivity contribution is 5.79. The van der Waals surface area contributed by atoms with Crippen LogP contribution in [0.1, 0.15) is 6.92 Å². The van der Waals surface area contributed by atoms with Crippen molar-refractivity contribution < 1.29 is 19.0 Å². The van der Waals surface area contributed by atoms with Gasteiger partial charge in [-0.3, -0.25) is 0 Å². The van der Waals surface area contributed by atoms with Crippen molar-refractivity contribution in [2.45, 2.75) is 19.6 Å². The number of hydrogen-bond donors (Lipinski definition) is 1. The molecule has 1 aromatic heterocycles. The molecule has 1 N–H and O–H groups in total. The molecule has 6 heteroatoms. The van der Waals surface area contributed by atoms with Crippen molar-refractivity contribution in [3.05, 3.63) is 60.7 Å². The van der Waals surface area contributed by atoms with E-state index in [2.05, 4.69) is 4.98 Å². The summed E-state index contributed by atoms with van der Waals surface area (Å²) < 4.78 is 27.2. The standard InChI is InChI=1S/C21H23FN2O3/c1-3-27-13-16(25)12-24-14-23-20(15-8-5-4-6-9-15)21(24)17-10-7-11-18(26-2)19(17)22/h4-11,14,16,25H,3,12-13H2,1-2H3/t16-/m1/s1. The van der Waals surface area contributed by atoms with Gasteiger partial charge in [-0.2, -0.15) is 0 Å². The molecule has 0 saturated carbocycles. The molecule has 0 spiro atoms. The summed E-state index contributed by atoms with van der Waals surface area (Å²) in [6, 6.07) is 14.6. The average Bonchev–Trinajstić information content (AvgIpc) is 3.10. The van der Waals surface area contributed by atoms with E-state index in [4.69, 9.17) is 9.47 Å². The van der Waals surface area contributed by atoms with E-state index in [9.17, 15) is 9.50 Å². The summed E-state index contributed by atoms with van der Waals surface area (Å²) in [6.07, 6.45) is 0.890. The molecule has 3 rings (SSSR count). The van der Waals surface area contributed by atoms with Gasteiger partial charge in [0.05, 0.1) is 44.1 Å². The van der Waals surface area contributed by atoms with Crippen LogP contribution in [0.4, 0.5) is 4.39 Å². The van der Waals surface area contributed by atoms with Gasteiger partial charge < -0.3 is 19.1 Å². The van der Waals surface area contributed by atoms with Crippen molar-refractivity contribution in [3.63, 3.8) is 0 Å². The number of halogens is 1. The molecule has 0 aliphatic rings. The lowest BCUT2D eigenvalue weighted by Crippen LogP contribution is -2.22. The minimum atomic E-state index is -0.727. The molecule has 0 fully saturated rings. The maximum atomic E-state index is 15.0. The first-order valence-electron chi connectivity index (χ1n) is 8.85. The Labute approximate surface area is 158 Å². The fourth-order valence-electron chi connectivity index (χ4n) is 3.00. The molecular formula is C21H23FN2O3. The predicted octanol–water partition coefficient (Wildman–Crippen LogP) is 3.76. The van der Waals surface area contributed by atoms with E-state index >= 15 is 0 Å². The largest absolute Gasteiger partial charge is 0.494 e. The van der Waals surface area contributed by atoms with E-state index in [0.29, 0.717) is 23.6 Å². The Morgan fingerprint density at radius 1 is 1.15 bits per heavy atom. The van der Waals surface area contributed by atoms with Crippen LogP contribution in [0.3, 0.4) is 0 Å². The number of aliphatic hydroxyl groups is 1. The van der Waals surface area contributed by atoms with Crippen LogP contribution in [0.15, 0.2) is 54.9 Å². The first-order valence-corrected chi connectivity index (χ1v) is 8.85. The minimum Gasteiger partial charge on any atom is -0.494 e. The number of benzene rings is 2. The molecular weight excluding hydrogens is 347 g/mol. The molecule has 2 aromatic carbocycles. The zero-order valence-electron chi connectivity index (χ0n) is 15.4. The van der Waals surface area contributed by atoms with Crippen molar-refractivity contribution in [1.29, 1.82) is 0 Å². The van der Waals surface area contributed by atoms with Crippen molar-refractivity contribution in [1.82, 2.24) is 9.55 Å². The predicted molar refractivity (Wildman–Crippen MR) is 102 cm³/mol. The van der Waals surface area contributed by atoms with E-state index < -0.39 is 11.9 Å². The van der Waals surface area contributed by atoms with Crippen LogP contribution in [0.5, 0.6) is 5.75 Å². The summed E-state index contributed by atoms with van der Waals surface area (Å²) in [5.41, 5.74) is 2.47. The van der Waals surface area contributed by atoms with Gasteiger partial charge in [0.2, 0.25) is 0 Å². The molecule has 0 amide bonds. The third-order valence-electron chi connectivity index (χ3n) is 4.25. The maximum absolute atomic E-state index is 15.0. The zero-order chi connectivity index (χ0) is 19.2. The number of imidazole rings is 1. The monoisotopic (exact) mass is 370 g/mol. The quantitative estimate of drug-likeness (QED) is 0.656. The topological polar surface area (TPSA) is 56.5 Å². The van der Waals surface area contributed by atoms with Crippen LogP contribution in [-0.2, 0) is 11.3 Å². The Hall–Kier alpha value is -2.70. The van der Waals surface area contributed by atoms with Crippen molar-refractivity contribution >= 4 is 0 Å². The Morgan fingerprint density at radius 2 is 1.93 bits per heavy atom. The average molecular weight is 370 g/mol. The first-order chi connectivity index (χ1) is 13.2. The van der Waals surface area contributed by atoms with Crippen LogP contribution < -0.4 is 4.74 Å². The molecule has 27 heavy (non-hydrogen) atoms. The number of aliphatic hydroxyl groups excluding tert-OH is 1. The van der Waals surface area contributed by atoms with Gasteiger partial charge in [0.25, 0.3) is 0 Å². The summed E-state index contributed by atoms with van der Waals surface area (Å²) in [4.78, 5) is 4.50. The molecule has 0 radical (unpaired) electrons. The lowest BCUT2D eigenvalue weighted by atomic mass is 10.0. The van der Waals surface area contributed by atoms with Gasteiger partial charge in [0.15, 0.2) is 11.6 Å². The van der Waals surface area contributed by atoms with Crippen LogP contribution in [0.2, 0.25) is 0 Å².